The molecule has 0 heterocycles. The molecule has 0 spiro atoms. The lowest BCUT2D eigenvalue weighted by Gasteiger charge is -2.24. The molecule has 3 heteroatoms. The first-order chi connectivity index (χ1) is 7.86. The zero-order valence-electron chi connectivity index (χ0n) is 10.8. The fourth-order valence-corrected chi connectivity index (χ4v) is 2.30. The molecule has 0 unspecified atom stereocenters. The van der Waals surface area contributed by atoms with E-state index in [0.717, 1.165) is 32.2 Å². The lowest BCUT2D eigenvalue weighted by atomic mass is 9.95. The highest BCUT2D eigenvalue weighted by Gasteiger charge is 2.13. The van der Waals surface area contributed by atoms with E-state index in [2.05, 4.69) is 5.32 Å². The van der Waals surface area contributed by atoms with Crippen LogP contribution in [0.25, 0.3) is 0 Å². The van der Waals surface area contributed by atoms with Crippen molar-refractivity contribution in [1.82, 2.24) is 5.32 Å². The molecule has 16 heavy (non-hydrogen) atoms. The van der Waals surface area contributed by atoms with Gasteiger partial charge < -0.3 is 14.8 Å². The molecule has 96 valence electrons. The van der Waals surface area contributed by atoms with Gasteiger partial charge in [0.15, 0.2) is 6.29 Å². The predicted octanol–water partition coefficient (Wildman–Crippen LogP) is 2.70. The van der Waals surface area contributed by atoms with Gasteiger partial charge in [0.1, 0.15) is 0 Å². The average Bonchev–Trinajstić information content (AvgIpc) is 2.31. The zero-order chi connectivity index (χ0) is 11.6. The summed E-state index contributed by atoms with van der Waals surface area (Å²) < 4.78 is 11.0. The van der Waals surface area contributed by atoms with Gasteiger partial charge in [-0.05, 0) is 26.7 Å². The Labute approximate surface area is 99.9 Å². The van der Waals surface area contributed by atoms with Crippen molar-refractivity contribution in [3.8, 4) is 0 Å². The first-order valence-corrected chi connectivity index (χ1v) is 6.83. The van der Waals surface area contributed by atoms with E-state index in [1.807, 2.05) is 13.8 Å². The SMILES string of the molecule is CCOC(CCNC1CCCCC1)OCC. The molecule has 1 N–H and O–H groups in total. The lowest BCUT2D eigenvalue weighted by Crippen LogP contribution is -2.34. The van der Waals surface area contributed by atoms with E-state index in [9.17, 15) is 0 Å². The van der Waals surface area contributed by atoms with Crippen molar-refractivity contribution in [2.45, 2.75) is 64.7 Å². The molecule has 1 fully saturated rings. The summed E-state index contributed by atoms with van der Waals surface area (Å²) in [6.45, 7) is 6.50. The summed E-state index contributed by atoms with van der Waals surface area (Å²) in [6, 6.07) is 0.734. The van der Waals surface area contributed by atoms with Crippen molar-refractivity contribution in [2.24, 2.45) is 0 Å². The van der Waals surface area contributed by atoms with Crippen molar-refractivity contribution in [2.75, 3.05) is 19.8 Å². The van der Waals surface area contributed by atoms with Gasteiger partial charge >= 0.3 is 0 Å². The van der Waals surface area contributed by atoms with Crippen LogP contribution in [0, 0.1) is 0 Å². The molecule has 3 nitrogen and oxygen atoms in total. The molecular formula is C13H27NO2. The number of hydrogen-bond acceptors (Lipinski definition) is 3. The fraction of sp³-hybridized carbons (Fsp3) is 1.00. The highest BCUT2D eigenvalue weighted by molar-refractivity contribution is 4.71. The van der Waals surface area contributed by atoms with Crippen molar-refractivity contribution < 1.29 is 9.47 Å². The van der Waals surface area contributed by atoms with E-state index in [-0.39, 0.29) is 6.29 Å². The van der Waals surface area contributed by atoms with Gasteiger partial charge in [0, 0.05) is 32.2 Å². The predicted molar refractivity (Wildman–Crippen MR) is 66.5 cm³/mol. The molecular weight excluding hydrogens is 202 g/mol. The largest absolute Gasteiger partial charge is 0.353 e. The minimum Gasteiger partial charge on any atom is -0.353 e. The molecule has 1 aliphatic carbocycles. The zero-order valence-corrected chi connectivity index (χ0v) is 10.8. The third kappa shape index (κ3) is 5.83. The monoisotopic (exact) mass is 229 g/mol. The number of nitrogens with one attached hydrogen (secondary N) is 1. The Morgan fingerprint density at radius 3 is 2.25 bits per heavy atom. The number of hydrogen-bond donors (Lipinski definition) is 1. The third-order valence-corrected chi connectivity index (χ3v) is 3.12. The van der Waals surface area contributed by atoms with E-state index >= 15 is 0 Å². The van der Waals surface area contributed by atoms with E-state index in [0.29, 0.717) is 0 Å². The summed E-state index contributed by atoms with van der Waals surface area (Å²) >= 11 is 0. The van der Waals surface area contributed by atoms with Crippen LogP contribution in [0.4, 0.5) is 0 Å². The fourth-order valence-electron chi connectivity index (χ4n) is 2.30. The van der Waals surface area contributed by atoms with Crippen LogP contribution in [0.15, 0.2) is 0 Å². The van der Waals surface area contributed by atoms with Crippen LogP contribution in [-0.4, -0.2) is 32.1 Å². The first-order valence-electron chi connectivity index (χ1n) is 6.83. The van der Waals surface area contributed by atoms with Gasteiger partial charge in [-0.15, -0.1) is 0 Å². The summed E-state index contributed by atoms with van der Waals surface area (Å²) in [5, 5.41) is 3.61. The summed E-state index contributed by atoms with van der Waals surface area (Å²) in [7, 11) is 0. The van der Waals surface area contributed by atoms with Crippen molar-refractivity contribution in [3.63, 3.8) is 0 Å². The van der Waals surface area contributed by atoms with E-state index in [1.165, 1.54) is 32.1 Å². The van der Waals surface area contributed by atoms with Crippen LogP contribution in [0.2, 0.25) is 0 Å². The highest BCUT2D eigenvalue weighted by atomic mass is 16.7. The van der Waals surface area contributed by atoms with Crippen LogP contribution in [0.3, 0.4) is 0 Å². The standard InChI is InChI=1S/C13H27NO2/c1-3-15-13(16-4-2)10-11-14-12-8-6-5-7-9-12/h12-14H,3-11H2,1-2H3. The Hall–Kier alpha value is -0.120. The molecule has 1 saturated carbocycles. The number of ether oxygens (including phenoxy) is 2. The van der Waals surface area contributed by atoms with Gasteiger partial charge in [0.2, 0.25) is 0 Å². The summed E-state index contributed by atoms with van der Waals surface area (Å²) in [5.74, 6) is 0. The molecule has 0 aromatic carbocycles. The minimum atomic E-state index is -0.0221. The van der Waals surface area contributed by atoms with Crippen LogP contribution in [0.1, 0.15) is 52.4 Å². The third-order valence-electron chi connectivity index (χ3n) is 3.12. The molecule has 0 aromatic rings. The van der Waals surface area contributed by atoms with Gasteiger partial charge in [-0.2, -0.15) is 0 Å². The van der Waals surface area contributed by atoms with Gasteiger partial charge in [0.25, 0.3) is 0 Å². The summed E-state index contributed by atoms with van der Waals surface area (Å²) in [5.41, 5.74) is 0. The van der Waals surface area contributed by atoms with Gasteiger partial charge in [-0.1, -0.05) is 19.3 Å². The Morgan fingerprint density at radius 1 is 1.06 bits per heavy atom. The lowest BCUT2D eigenvalue weighted by molar-refractivity contribution is -0.138. The maximum absolute atomic E-state index is 5.51. The molecule has 0 saturated heterocycles. The van der Waals surface area contributed by atoms with E-state index in [1.54, 1.807) is 0 Å². The van der Waals surface area contributed by atoms with Crippen LogP contribution in [-0.2, 0) is 9.47 Å². The second-order valence-corrected chi connectivity index (χ2v) is 4.42. The Bertz CT molecular complexity index is 152. The molecule has 1 aliphatic rings. The minimum absolute atomic E-state index is 0.0221. The molecule has 0 aliphatic heterocycles. The maximum atomic E-state index is 5.51. The van der Waals surface area contributed by atoms with E-state index < -0.39 is 0 Å². The average molecular weight is 229 g/mol. The van der Waals surface area contributed by atoms with E-state index in [4.69, 9.17) is 9.47 Å². The van der Waals surface area contributed by atoms with Crippen LogP contribution >= 0.6 is 0 Å². The molecule has 0 amide bonds. The Morgan fingerprint density at radius 2 is 1.69 bits per heavy atom. The summed E-state index contributed by atoms with van der Waals surface area (Å²) in [6.07, 6.45) is 7.81. The van der Waals surface area contributed by atoms with Crippen molar-refractivity contribution in [3.05, 3.63) is 0 Å². The maximum Gasteiger partial charge on any atom is 0.158 e. The topological polar surface area (TPSA) is 30.5 Å². The molecule has 0 bridgehead atoms. The highest BCUT2D eigenvalue weighted by Crippen LogP contribution is 2.17. The van der Waals surface area contributed by atoms with Crippen molar-refractivity contribution >= 4 is 0 Å². The molecule has 0 radical (unpaired) electrons. The van der Waals surface area contributed by atoms with Crippen LogP contribution < -0.4 is 5.32 Å². The smallest absolute Gasteiger partial charge is 0.158 e. The second kappa shape index (κ2) is 8.97. The first kappa shape index (κ1) is 13.9. The van der Waals surface area contributed by atoms with Gasteiger partial charge in [-0.25, -0.2) is 0 Å². The van der Waals surface area contributed by atoms with Gasteiger partial charge in [-0.3, -0.25) is 0 Å². The van der Waals surface area contributed by atoms with Crippen LogP contribution in [0.5, 0.6) is 0 Å². The molecule has 0 aromatic heterocycles. The molecule has 1 rings (SSSR count). The normalized spacial score (nSPS) is 18.2. The molecule has 0 atom stereocenters. The quantitative estimate of drug-likeness (QED) is 0.649. The number of rotatable bonds is 8. The Balaban J connectivity index is 2.06. The Kier molecular flexibility index (Phi) is 7.81. The van der Waals surface area contributed by atoms with Gasteiger partial charge in [0.05, 0.1) is 0 Å². The summed E-state index contributed by atoms with van der Waals surface area (Å²) in [4.78, 5) is 0. The van der Waals surface area contributed by atoms with Crippen molar-refractivity contribution in [1.29, 1.82) is 0 Å². The second-order valence-electron chi connectivity index (χ2n) is 4.42.